The molecule has 0 aromatic carbocycles. The minimum atomic E-state index is -0.754. The van der Waals surface area contributed by atoms with E-state index in [1.807, 2.05) is 6.92 Å². The van der Waals surface area contributed by atoms with Crippen LogP contribution in [0.5, 0.6) is 0 Å². The van der Waals surface area contributed by atoms with Crippen LogP contribution >= 0.6 is 0 Å². The van der Waals surface area contributed by atoms with Gasteiger partial charge >= 0.3 is 0 Å². The number of hydrogen-bond donors (Lipinski definition) is 1. The Bertz CT molecular complexity index is 422. The summed E-state index contributed by atoms with van der Waals surface area (Å²) in [6.45, 7) is 4.33. The van der Waals surface area contributed by atoms with Crippen LogP contribution in [0, 0.1) is 18.3 Å². The molecule has 0 aromatic rings. The molecule has 0 spiro atoms. The molecule has 2 amide bonds. The molecular formula is C15H22N2O2. The maximum atomic E-state index is 12.8. The number of carbonyl (C=O) groups is 2. The molecule has 1 aliphatic carbocycles. The number of carbonyl (C=O) groups excluding carboxylic acids is 2. The topological polar surface area (TPSA) is 49.4 Å². The molecule has 2 atom stereocenters. The van der Waals surface area contributed by atoms with Gasteiger partial charge in [-0.1, -0.05) is 19.3 Å². The minimum absolute atomic E-state index is 0.00255. The molecule has 4 nitrogen and oxygen atoms in total. The number of hydrogen-bond acceptors (Lipinski definition) is 2. The van der Waals surface area contributed by atoms with E-state index in [0.717, 1.165) is 25.7 Å². The Balaban J connectivity index is 2.26. The smallest absolute Gasteiger partial charge is 0.249 e. The lowest BCUT2D eigenvalue weighted by Crippen LogP contribution is -2.58. The Morgan fingerprint density at radius 1 is 1.53 bits per heavy atom. The summed E-state index contributed by atoms with van der Waals surface area (Å²) in [5, 5.41) is 2.92. The summed E-state index contributed by atoms with van der Waals surface area (Å²) in [5.74, 6) is 2.93. The van der Waals surface area contributed by atoms with Crippen LogP contribution in [-0.2, 0) is 9.59 Å². The third-order valence-corrected chi connectivity index (χ3v) is 4.21. The first-order valence-electron chi connectivity index (χ1n) is 7.11. The highest BCUT2D eigenvalue weighted by molar-refractivity contribution is 5.94. The molecule has 1 aliphatic heterocycles. The van der Waals surface area contributed by atoms with E-state index in [4.69, 9.17) is 6.42 Å². The van der Waals surface area contributed by atoms with Gasteiger partial charge in [-0.2, -0.15) is 0 Å². The molecule has 19 heavy (non-hydrogen) atoms. The summed E-state index contributed by atoms with van der Waals surface area (Å²) in [6.07, 6.45) is 9.64. The van der Waals surface area contributed by atoms with Crippen molar-refractivity contribution in [1.82, 2.24) is 10.2 Å². The molecule has 2 fully saturated rings. The lowest BCUT2D eigenvalue weighted by atomic mass is 9.93. The molecule has 2 aliphatic rings. The van der Waals surface area contributed by atoms with Gasteiger partial charge in [0.05, 0.1) is 6.04 Å². The van der Waals surface area contributed by atoms with E-state index in [2.05, 4.69) is 18.2 Å². The summed E-state index contributed by atoms with van der Waals surface area (Å²) >= 11 is 0. The standard InChI is InChI=1S/C15H22N2O2/c1-4-6-12(5-2)17-10-9-13(18)16-15(3,14(17)19)11-7-8-11/h2,11-12H,4,6-10H2,1,3H3,(H,16,18). The van der Waals surface area contributed by atoms with Crippen molar-refractivity contribution >= 4 is 11.8 Å². The number of amides is 2. The number of rotatable bonds is 4. The number of nitrogens with one attached hydrogen (secondary N) is 1. The normalized spacial score (nSPS) is 29.4. The van der Waals surface area contributed by atoms with Gasteiger partial charge in [-0.05, 0) is 32.1 Å². The zero-order valence-electron chi connectivity index (χ0n) is 11.7. The van der Waals surface area contributed by atoms with E-state index >= 15 is 0 Å². The van der Waals surface area contributed by atoms with E-state index in [1.54, 1.807) is 4.90 Å². The van der Waals surface area contributed by atoms with Gasteiger partial charge in [0, 0.05) is 13.0 Å². The molecule has 4 heteroatoms. The highest BCUT2D eigenvalue weighted by Crippen LogP contribution is 2.41. The van der Waals surface area contributed by atoms with Gasteiger partial charge in [0.25, 0.3) is 0 Å². The second-order valence-electron chi connectivity index (χ2n) is 5.74. The van der Waals surface area contributed by atoms with Gasteiger partial charge in [-0.25, -0.2) is 0 Å². The quantitative estimate of drug-likeness (QED) is 0.777. The van der Waals surface area contributed by atoms with Gasteiger partial charge in [0.2, 0.25) is 11.8 Å². The summed E-state index contributed by atoms with van der Waals surface area (Å²) in [5.41, 5.74) is -0.754. The predicted molar refractivity (Wildman–Crippen MR) is 73.1 cm³/mol. The highest BCUT2D eigenvalue weighted by Gasteiger charge is 2.51. The average Bonchev–Trinajstić information content (AvgIpc) is 3.20. The molecule has 104 valence electrons. The first-order valence-corrected chi connectivity index (χ1v) is 7.11. The first kappa shape index (κ1) is 13.9. The summed E-state index contributed by atoms with van der Waals surface area (Å²) < 4.78 is 0. The van der Waals surface area contributed by atoms with Gasteiger partial charge in [-0.3, -0.25) is 9.59 Å². The third kappa shape index (κ3) is 2.60. The summed E-state index contributed by atoms with van der Waals surface area (Å²) in [7, 11) is 0. The molecule has 0 aromatic heterocycles. The Morgan fingerprint density at radius 3 is 2.74 bits per heavy atom. The summed E-state index contributed by atoms with van der Waals surface area (Å²) in [6, 6.07) is -0.191. The molecule has 1 saturated carbocycles. The van der Waals surface area contributed by atoms with Crippen molar-refractivity contribution in [3.63, 3.8) is 0 Å². The molecule has 2 unspecified atom stereocenters. The van der Waals surface area contributed by atoms with Gasteiger partial charge < -0.3 is 10.2 Å². The van der Waals surface area contributed by atoms with E-state index in [1.165, 1.54) is 0 Å². The van der Waals surface area contributed by atoms with Crippen LogP contribution in [0.3, 0.4) is 0 Å². The van der Waals surface area contributed by atoms with Crippen LogP contribution < -0.4 is 5.32 Å². The van der Waals surface area contributed by atoms with E-state index < -0.39 is 5.54 Å². The van der Waals surface area contributed by atoms with Crippen LogP contribution in [0.25, 0.3) is 0 Å². The van der Waals surface area contributed by atoms with Crippen LogP contribution in [0.15, 0.2) is 0 Å². The second kappa shape index (κ2) is 5.24. The van der Waals surface area contributed by atoms with E-state index in [9.17, 15) is 9.59 Å². The maximum absolute atomic E-state index is 12.8. The van der Waals surface area contributed by atoms with E-state index in [-0.39, 0.29) is 23.8 Å². The van der Waals surface area contributed by atoms with Crippen molar-refractivity contribution in [2.75, 3.05) is 6.54 Å². The Labute approximate surface area is 114 Å². The van der Waals surface area contributed by atoms with Crippen molar-refractivity contribution in [1.29, 1.82) is 0 Å². The lowest BCUT2D eigenvalue weighted by Gasteiger charge is -2.35. The van der Waals surface area contributed by atoms with Crippen molar-refractivity contribution in [2.24, 2.45) is 5.92 Å². The third-order valence-electron chi connectivity index (χ3n) is 4.21. The van der Waals surface area contributed by atoms with Crippen LogP contribution in [0.1, 0.15) is 46.0 Å². The monoisotopic (exact) mass is 262 g/mol. The Kier molecular flexibility index (Phi) is 3.84. The second-order valence-corrected chi connectivity index (χ2v) is 5.74. The number of nitrogens with zero attached hydrogens (tertiary/aromatic N) is 1. The Morgan fingerprint density at radius 2 is 2.21 bits per heavy atom. The summed E-state index contributed by atoms with van der Waals surface area (Å²) in [4.78, 5) is 26.4. The molecule has 1 heterocycles. The molecule has 0 radical (unpaired) electrons. The average molecular weight is 262 g/mol. The minimum Gasteiger partial charge on any atom is -0.342 e. The fourth-order valence-corrected chi connectivity index (χ4v) is 2.86. The van der Waals surface area contributed by atoms with Crippen molar-refractivity contribution in [3.05, 3.63) is 0 Å². The zero-order chi connectivity index (χ0) is 14.0. The zero-order valence-corrected chi connectivity index (χ0v) is 11.7. The van der Waals surface area contributed by atoms with Gasteiger partial charge in [0.1, 0.15) is 5.54 Å². The van der Waals surface area contributed by atoms with E-state index in [0.29, 0.717) is 13.0 Å². The maximum Gasteiger partial charge on any atom is 0.249 e. The molecular weight excluding hydrogens is 240 g/mol. The molecule has 0 bridgehead atoms. The fourth-order valence-electron chi connectivity index (χ4n) is 2.86. The fraction of sp³-hybridized carbons (Fsp3) is 0.733. The van der Waals surface area contributed by atoms with Crippen LogP contribution in [0.4, 0.5) is 0 Å². The van der Waals surface area contributed by atoms with Crippen molar-refractivity contribution < 1.29 is 9.59 Å². The predicted octanol–water partition coefficient (Wildman–Crippen LogP) is 1.31. The number of terminal acetylenes is 1. The van der Waals surface area contributed by atoms with Crippen LogP contribution in [0.2, 0.25) is 0 Å². The van der Waals surface area contributed by atoms with Crippen LogP contribution in [-0.4, -0.2) is 34.8 Å². The van der Waals surface area contributed by atoms with Crippen molar-refractivity contribution in [3.8, 4) is 12.3 Å². The molecule has 1 N–H and O–H groups in total. The van der Waals surface area contributed by atoms with Crippen molar-refractivity contribution in [2.45, 2.75) is 57.5 Å². The highest BCUT2D eigenvalue weighted by atomic mass is 16.2. The first-order chi connectivity index (χ1) is 9.02. The van der Waals surface area contributed by atoms with Gasteiger partial charge in [-0.15, -0.1) is 6.42 Å². The largest absolute Gasteiger partial charge is 0.342 e. The lowest BCUT2D eigenvalue weighted by molar-refractivity contribution is -0.140. The van der Waals surface area contributed by atoms with Gasteiger partial charge in [0.15, 0.2) is 0 Å². The Hall–Kier alpha value is -1.50. The molecule has 2 rings (SSSR count). The molecule has 1 saturated heterocycles. The SMILES string of the molecule is C#CC(CCC)N1CCC(=O)NC(C)(C2CC2)C1=O.